The van der Waals surface area contributed by atoms with Crippen LogP contribution in [0.15, 0.2) is 67.0 Å². The molecule has 2 aromatic carbocycles. The lowest BCUT2D eigenvalue weighted by Crippen LogP contribution is -2.38. The van der Waals surface area contributed by atoms with Gasteiger partial charge in [-0.3, -0.25) is 9.78 Å². The topological polar surface area (TPSA) is 78.2 Å². The van der Waals surface area contributed by atoms with Crippen molar-refractivity contribution < 1.29 is 9.53 Å². The second-order valence-electron chi connectivity index (χ2n) is 8.40. The van der Waals surface area contributed by atoms with Crippen molar-refractivity contribution >= 4 is 23.2 Å². The quantitative estimate of drug-likeness (QED) is 0.503. The SMILES string of the molecule is N#Cc1ccc(CCOc2cc(C(=O)NCC3CCN(c4ccncc4)CC3)ccc2Cl)cc1. The van der Waals surface area contributed by atoms with E-state index in [-0.39, 0.29) is 5.91 Å². The van der Waals surface area contributed by atoms with Crippen molar-refractivity contribution in [1.29, 1.82) is 5.26 Å². The molecule has 4 rings (SSSR count). The molecule has 0 radical (unpaired) electrons. The number of pyridine rings is 1. The summed E-state index contributed by atoms with van der Waals surface area (Å²) in [5.74, 6) is 0.830. The Morgan fingerprint density at radius 2 is 1.85 bits per heavy atom. The zero-order valence-electron chi connectivity index (χ0n) is 18.9. The van der Waals surface area contributed by atoms with Crippen LogP contribution in [0.3, 0.4) is 0 Å². The number of piperidine rings is 1. The number of ether oxygens (including phenoxy) is 1. The van der Waals surface area contributed by atoms with Gasteiger partial charge in [0.2, 0.25) is 0 Å². The molecule has 0 saturated carbocycles. The lowest BCUT2D eigenvalue weighted by Gasteiger charge is -2.33. The Labute approximate surface area is 205 Å². The van der Waals surface area contributed by atoms with Gasteiger partial charge in [0.25, 0.3) is 5.91 Å². The Kier molecular flexibility index (Phi) is 8.00. The monoisotopic (exact) mass is 474 g/mol. The van der Waals surface area contributed by atoms with Crippen LogP contribution in [0.5, 0.6) is 5.75 Å². The minimum atomic E-state index is -0.120. The maximum atomic E-state index is 12.7. The third-order valence-corrected chi connectivity index (χ3v) is 6.43. The molecule has 34 heavy (non-hydrogen) atoms. The molecule has 1 aromatic heterocycles. The molecule has 1 aliphatic rings. The Morgan fingerprint density at radius 1 is 1.12 bits per heavy atom. The third-order valence-electron chi connectivity index (χ3n) is 6.12. The molecule has 0 unspecified atom stereocenters. The smallest absolute Gasteiger partial charge is 0.251 e. The number of nitriles is 1. The third kappa shape index (κ3) is 6.27. The van der Waals surface area contributed by atoms with E-state index >= 15 is 0 Å². The standard InChI is InChI=1S/C27H27ClN4O2/c28-25-6-5-23(17-26(25)34-16-11-20-1-3-21(18-29)4-2-20)27(33)31-19-22-9-14-32(15-10-22)24-7-12-30-13-8-24/h1-8,12-13,17,22H,9-11,14-16,19H2,(H,31,33). The first-order valence-corrected chi connectivity index (χ1v) is 11.8. The van der Waals surface area contributed by atoms with Gasteiger partial charge in [0.15, 0.2) is 0 Å². The molecule has 7 heteroatoms. The second-order valence-corrected chi connectivity index (χ2v) is 8.81. The van der Waals surface area contributed by atoms with Gasteiger partial charge in [-0.15, -0.1) is 0 Å². The molecule has 6 nitrogen and oxygen atoms in total. The van der Waals surface area contributed by atoms with E-state index < -0.39 is 0 Å². The van der Waals surface area contributed by atoms with Crippen molar-refractivity contribution in [2.75, 3.05) is 31.1 Å². The van der Waals surface area contributed by atoms with Crippen molar-refractivity contribution in [2.45, 2.75) is 19.3 Å². The van der Waals surface area contributed by atoms with Crippen LogP contribution in [0.1, 0.15) is 34.3 Å². The fraction of sp³-hybridized carbons (Fsp3) is 0.296. The Morgan fingerprint density at radius 3 is 2.56 bits per heavy atom. The highest BCUT2D eigenvalue weighted by atomic mass is 35.5. The van der Waals surface area contributed by atoms with Crippen LogP contribution in [-0.2, 0) is 6.42 Å². The molecule has 0 atom stereocenters. The highest BCUT2D eigenvalue weighted by Gasteiger charge is 2.20. The number of aromatic nitrogens is 1. The fourth-order valence-corrected chi connectivity index (χ4v) is 4.24. The number of halogens is 1. The zero-order chi connectivity index (χ0) is 23.8. The van der Waals surface area contributed by atoms with E-state index in [1.807, 2.05) is 36.7 Å². The highest BCUT2D eigenvalue weighted by molar-refractivity contribution is 6.32. The molecule has 174 valence electrons. The maximum absolute atomic E-state index is 12.7. The second kappa shape index (κ2) is 11.5. The predicted octanol–water partition coefficient (Wildman–Crippen LogP) is 4.87. The summed E-state index contributed by atoms with van der Waals surface area (Å²) in [5.41, 5.74) is 3.43. The molecule has 1 N–H and O–H groups in total. The van der Waals surface area contributed by atoms with E-state index in [1.54, 1.807) is 30.3 Å². The average Bonchev–Trinajstić information content (AvgIpc) is 2.89. The van der Waals surface area contributed by atoms with Crippen LogP contribution in [0.4, 0.5) is 5.69 Å². The number of hydrogen-bond acceptors (Lipinski definition) is 5. The van der Waals surface area contributed by atoms with Crippen molar-refractivity contribution in [1.82, 2.24) is 10.3 Å². The number of amides is 1. The molecule has 1 fully saturated rings. The van der Waals surface area contributed by atoms with E-state index in [2.05, 4.69) is 21.3 Å². The molecule has 0 spiro atoms. The first-order chi connectivity index (χ1) is 16.6. The van der Waals surface area contributed by atoms with Gasteiger partial charge in [0, 0.05) is 49.7 Å². The van der Waals surface area contributed by atoms with E-state index in [9.17, 15) is 4.79 Å². The van der Waals surface area contributed by atoms with E-state index in [0.717, 1.165) is 31.5 Å². The van der Waals surface area contributed by atoms with Crippen molar-refractivity contribution in [3.63, 3.8) is 0 Å². The molecule has 0 bridgehead atoms. The Balaban J connectivity index is 1.25. The summed E-state index contributed by atoms with van der Waals surface area (Å²) in [4.78, 5) is 19.2. The number of anilines is 1. The van der Waals surface area contributed by atoms with Crippen molar-refractivity contribution in [2.24, 2.45) is 5.92 Å². The molecule has 1 amide bonds. The normalized spacial score (nSPS) is 13.8. The van der Waals surface area contributed by atoms with E-state index in [4.69, 9.17) is 21.6 Å². The minimum Gasteiger partial charge on any atom is -0.492 e. The largest absolute Gasteiger partial charge is 0.492 e. The van der Waals surface area contributed by atoms with Crippen molar-refractivity contribution in [3.05, 3.63) is 88.7 Å². The van der Waals surface area contributed by atoms with E-state index in [1.165, 1.54) is 5.69 Å². The van der Waals surface area contributed by atoms with Gasteiger partial charge < -0.3 is 15.0 Å². The van der Waals surface area contributed by atoms with Crippen LogP contribution in [-0.4, -0.2) is 37.1 Å². The lowest BCUT2D eigenvalue weighted by molar-refractivity contribution is 0.0944. The molecule has 1 saturated heterocycles. The number of carbonyl (C=O) groups excluding carboxylic acids is 1. The molecule has 1 aliphatic heterocycles. The van der Waals surface area contributed by atoms with Gasteiger partial charge >= 0.3 is 0 Å². The fourth-order valence-electron chi connectivity index (χ4n) is 4.07. The number of benzene rings is 2. The summed E-state index contributed by atoms with van der Waals surface area (Å²) < 4.78 is 5.85. The summed E-state index contributed by atoms with van der Waals surface area (Å²) in [6.45, 7) is 3.03. The summed E-state index contributed by atoms with van der Waals surface area (Å²) in [7, 11) is 0. The van der Waals surface area contributed by atoms with Gasteiger partial charge in [-0.1, -0.05) is 23.7 Å². The molecule has 2 heterocycles. The minimum absolute atomic E-state index is 0.120. The van der Waals surface area contributed by atoms with E-state index in [0.29, 0.717) is 47.4 Å². The molecular weight excluding hydrogens is 448 g/mol. The molecular formula is C27H27ClN4O2. The first kappa shape index (κ1) is 23.6. The van der Waals surface area contributed by atoms with Crippen LogP contribution in [0.25, 0.3) is 0 Å². The molecule has 3 aromatic rings. The first-order valence-electron chi connectivity index (χ1n) is 11.5. The lowest BCUT2D eigenvalue weighted by atomic mass is 9.96. The number of nitrogens with one attached hydrogen (secondary N) is 1. The van der Waals surface area contributed by atoms with Gasteiger partial charge in [-0.2, -0.15) is 5.26 Å². The number of rotatable bonds is 8. The predicted molar refractivity (Wildman–Crippen MR) is 133 cm³/mol. The Hall–Kier alpha value is -3.56. The average molecular weight is 475 g/mol. The number of hydrogen-bond donors (Lipinski definition) is 1. The van der Waals surface area contributed by atoms with Crippen LogP contribution < -0.4 is 15.0 Å². The molecule has 0 aliphatic carbocycles. The van der Waals surface area contributed by atoms with Crippen LogP contribution in [0, 0.1) is 17.2 Å². The van der Waals surface area contributed by atoms with Gasteiger partial charge in [0.1, 0.15) is 5.75 Å². The van der Waals surface area contributed by atoms with Gasteiger partial charge in [-0.05, 0) is 66.8 Å². The highest BCUT2D eigenvalue weighted by Crippen LogP contribution is 2.26. The summed E-state index contributed by atoms with van der Waals surface area (Å²) >= 11 is 6.28. The van der Waals surface area contributed by atoms with Crippen LogP contribution >= 0.6 is 11.6 Å². The van der Waals surface area contributed by atoms with Crippen molar-refractivity contribution in [3.8, 4) is 11.8 Å². The van der Waals surface area contributed by atoms with Gasteiger partial charge in [-0.25, -0.2) is 0 Å². The zero-order valence-corrected chi connectivity index (χ0v) is 19.7. The Bertz CT molecular complexity index is 1140. The summed E-state index contributed by atoms with van der Waals surface area (Å²) in [6, 6.07) is 18.7. The number of carbonyl (C=O) groups is 1. The summed E-state index contributed by atoms with van der Waals surface area (Å²) in [6.07, 6.45) is 6.38. The van der Waals surface area contributed by atoms with Crippen LogP contribution in [0.2, 0.25) is 5.02 Å². The van der Waals surface area contributed by atoms with Gasteiger partial charge in [0.05, 0.1) is 23.3 Å². The number of nitrogens with zero attached hydrogens (tertiary/aromatic N) is 3. The maximum Gasteiger partial charge on any atom is 0.251 e. The summed E-state index contributed by atoms with van der Waals surface area (Å²) in [5, 5.41) is 12.4.